The lowest BCUT2D eigenvalue weighted by atomic mass is 9.87. The zero-order valence-corrected chi connectivity index (χ0v) is 20.5. The van der Waals surface area contributed by atoms with Gasteiger partial charge in [-0.05, 0) is 87.3 Å². The van der Waals surface area contributed by atoms with E-state index in [9.17, 15) is 4.79 Å². The third-order valence-corrected chi connectivity index (χ3v) is 6.66. The first-order valence-corrected chi connectivity index (χ1v) is 11.8. The molecule has 0 fully saturated rings. The number of hydrogen-bond acceptors (Lipinski definition) is 5. The van der Waals surface area contributed by atoms with Crippen LogP contribution in [0.2, 0.25) is 0 Å². The largest absolute Gasteiger partial charge is 0.327 e. The van der Waals surface area contributed by atoms with Crippen molar-refractivity contribution in [2.75, 3.05) is 16.7 Å². The lowest BCUT2D eigenvalue weighted by Crippen LogP contribution is -2.25. The minimum Gasteiger partial charge on any atom is -0.327 e. The van der Waals surface area contributed by atoms with E-state index >= 15 is 0 Å². The summed E-state index contributed by atoms with van der Waals surface area (Å²) in [6, 6.07) is 20.3. The van der Waals surface area contributed by atoms with Crippen LogP contribution in [0.4, 0.5) is 11.4 Å². The van der Waals surface area contributed by atoms with Crippen molar-refractivity contribution in [2.24, 2.45) is 0 Å². The number of benzene rings is 2. The molecule has 0 spiro atoms. The van der Waals surface area contributed by atoms with Gasteiger partial charge in [-0.1, -0.05) is 6.07 Å². The number of amides is 1. The molecule has 7 heteroatoms. The fourth-order valence-electron chi connectivity index (χ4n) is 3.97. The number of aryl methyl sites for hydroxylation is 1. The SMILES string of the molecule is CCn1c(C(C)(C)c2ccccn2)nc2cc(N(C)Sc3ccc(NC(C)=O)cc3)ccc21. The minimum absolute atomic E-state index is 0.0714. The lowest BCUT2D eigenvalue weighted by Gasteiger charge is -2.24. The molecule has 0 unspecified atom stereocenters. The summed E-state index contributed by atoms with van der Waals surface area (Å²) >= 11 is 1.63. The van der Waals surface area contributed by atoms with Gasteiger partial charge < -0.3 is 14.2 Å². The van der Waals surface area contributed by atoms with E-state index in [1.165, 1.54) is 6.92 Å². The second-order valence-electron chi connectivity index (χ2n) is 8.49. The Balaban J connectivity index is 1.62. The smallest absolute Gasteiger partial charge is 0.221 e. The first-order valence-electron chi connectivity index (χ1n) is 11.0. The van der Waals surface area contributed by atoms with Crippen molar-refractivity contribution >= 4 is 40.3 Å². The van der Waals surface area contributed by atoms with Crippen molar-refractivity contribution in [1.29, 1.82) is 0 Å². The Hall–Kier alpha value is -3.32. The first-order chi connectivity index (χ1) is 15.8. The van der Waals surface area contributed by atoms with Crippen LogP contribution in [0, 0.1) is 0 Å². The van der Waals surface area contributed by atoms with Crippen LogP contribution in [0.15, 0.2) is 71.8 Å². The van der Waals surface area contributed by atoms with Crippen LogP contribution in [0.5, 0.6) is 0 Å². The maximum Gasteiger partial charge on any atom is 0.221 e. The van der Waals surface area contributed by atoms with E-state index in [0.717, 1.165) is 45.4 Å². The van der Waals surface area contributed by atoms with E-state index in [-0.39, 0.29) is 11.3 Å². The highest BCUT2D eigenvalue weighted by Gasteiger charge is 2.30. The van der Waals surface area contributed by atoms with Gasteiger partial charge in [-0.3, -0.25) is 9.78 Å². The number of nitrogens with one attached hydrogen (secondary N) is 1. The standard InChI is InChI=1S/C26H29N5OS/c1-6-31-23-15-12-20(30(5)33-21-13-10-19(11-14-21)28-18(2)32)17-22(23)29-25(31)26(3,4)24-9-7-8-16-27-24/h7-17H,6H2,1-5H3,(H,28,32). The summed E-state index contributed by atoms with van der Waals surface area (Å²) in [4.78, 5) is 22.0. The molecule has 4 rings (SSSR count). The minimum atomic E-state index is -0.313. The predicted octanol–water partition coefficient (Wildman–Crippen LogP) is 5.88. The highest BCUT2D eigenvalue weighted by Crippen LogP contribution is 2.35. The molecule has 170 valence electrons. The third kappa shape index (κ3) is 4.73. The van der Waals surface area contributed by atoms with E-state index in [1.54, 1.807) is 11.9 Å². The number of rotatable bonds is 7. The van der Waals surface area contributed by atoms with E-state index < -0.39 is 0 Å². The van der Waals surface area contributed by atoms with Crippen LogP contribution in [0.1, 0.15) is 39.2 Å². The van der Waals surface area contributed by atoms with Crippen molar-refractivity contribution in [2.45, 2.75) is 44.6 Å². The molecule has 0 bridgehead atoms. The van der Waals surface area contributed by atoms with E-state index in [2.05, 4.69) is 64.2 Å². The van der Waals surface area contributed by atoms with Crippen LogP contribution < -0.4 is 9.62 Å². The number of hydrogen-bond donors (Lipinski definition) is 1. The van der Waals surface area contributed by atoms with Crippen molar-refractivity contribution < 1.29 is 4.79 Å². The molecule has 2 aromatic carbocycles. The summed E-state index contributed by atoms with van der Waals surface area (Å²) in [5.74, 6) is 0.942. The van der Waals surface area contributed by atoms with Crippen LogP contribution in [0.25, 0.3) is 11.0 Å². The molecule has 0 saturated carbocycles. The summed E-state index contributed by atoms with van der Waals surface area (Å²) in [7, 11) is 2.04. The van der Waals surface area contributed by atoms with Gasteiger partial charge in [-0.25, -0.2) is 4.98 Å². The van der Waals surface area contributed by atoms with Crippen LogP contribution in [-0.2, 0) is 16.8 Å². The number of nitrogens with zero attached hydrogens (tertiary/aromatic N) is 4. The average molecular weight is 460 g/mol. The first kappa shape index (κ1) is 22.9. The molecule has 2 aromatic heterocycles. The van der Waals surface area contributed by atoms with Crippen LogP contribution >= 0.6 is 11.9 Å². The van der Waals surface area contributed by atoms with Gasteiger partial charge in [0.25, 0.3) is 0 Å². The molecule has 0 aliphatic heterocycles. The highest BCUT2D eigenvalue weighted by atomic mass is 32.2. The van der Waals surface area contributed by atoms with Gasteiger partial charge in [-0.2, -0.15) is 0 Å². The lowest BCUT2D eigenvalue weighted by molar-refractivity contribution is -0.114. The van der Waals surface area contributed by atoms with Crippen molar-refractivity contribution in [1.82, 2.24) is 14.5 Å². The third-order valence-electron chi connectivity index (χ3n) is 5.69. The van der Waals surface area contributed by atoms with Crippen molar-refractivity contribution in [3.05, 3.63) is 78.4 Å². The molecular formula is C26H29N5OS. The molecule has 0 aliphatic carbocycles. The Morgan fingerprint density at radius 3 is 2.52 bits per heavy atom. The topological polar surface area (TPSA) is 63.1 Å². The molecule has 1 N–H and O–H groups in total. The molecule has 33 heavy (non-hydrogen) atoms. The summed E-state index contributed by atoms with van der Waals surface area (Å²) in [6.45, 7) is 8.86. The molecule has 2 heterocycles. The number of pyridine rings is 1. The number of imidazole rings is 1. The van der Waals surface area contributed by atoms with E-state index in [0.29, 0.717) is 0 Å². The molecule has 0 radical (unpaired) electrons. The Morgan fingerprint density at radius 1 is 1.12 bits per heavy atom. The fourth-order valence-corrected chi connectivity index (χ4v) is 4.76. The average Bonchev–Trinajstić information content (AvgIpc) is 3.19. The number of carbonyl (C=O) groups excluding carboxylic acids is 1. The monoisotopic (exact) mass is 459 g/mol. The van der Waals surface area contributed by atoms with Gasteiger partial charge in [0, 0.05) is 43.0 Å². The summed E-state index contributed by atoms with van der Waals surface area (Å²) in [6.07, 6.45) is 1.84. The zero-order chi connectivity index (χ0) is 23.6. The Bertz CT molecular complexity index is 1270. The van der Waals surface area contributed by atoms with Gasteiger partial charge in [0.2, 0.25) is 5.91 Å². The molecule has 4 aromatic rings. The maximum atomic E-state index is 11.2. The molecule has 0 saturated heterocycles. The van der Waals surface area contributed by atoms with Gasteiger partial charge >= 0.3 is 0 Å². The summed E-state index contributed by atoms with van der Waals surface area (Å²) in [5.41, 5.74) is 4.66. The van der Waals surface area contributed by atoms with Crippen molar-refractivity contribution in [3.8, 4) is 0 Å². The number of anilines is 2. The second-order valence-corrected chi connectivity index (χ2v) is 9.69. The quantitative estimate of drug-likeness (QED) is 0.350. The number of aromatic nitrogens is 3. The van der Waals surface area contributed by atoms with Gasteiger partial charge in [-0.15, -0.1) is 0 Å². The Morgan fingerprint density at radius 2 is 1.88 bits per heavy atom. The molecule has 0 aliphatic rings. The van der Waals surface area contributed by atoms with E-state index in [4.69, 9.17) is 4.98 Å². The van der Waals surface area contributed by atoms with Gasteiger partial charge in [0.15, 0.2) is 0 Å². The van der Waals surface area contributed by atoms with Crippen LogP contribution in [-0.4, -0.2) is 27.5 Å². The van der Waals surface area contributed by atoms with Crippen molar-refractivity contribution in [3.63, 3.8) is 0 Å². The number of fused-ring (bicyclic) bond motifs is 1. The highest BCUT2D eigenvalue weighted by molar-refractivity contribution is 8.00. The maximum absolute atomic E-state index is 11.2. The molecular weight excluding hydrogens is 430 g/mol. The van der Waals surface area contributed by atoms with E-state index in [1.807, 2.05) is 49.6 Å². The number of carbonyl (C=O) groups is 1. The zero-order valence-electron chi connectivity index (χ0n) is 19.7. The second kappa shape index (κ2) is 9.27. The fraction of sp³-hybridized carbons (Fsp3) is 0.269. The van der Waals surface area contributed by atoms with Crippen LogP contribution in [0.3, 0.4) is 0 Å². The van der Waals surface area contributed by atoms with Gasteiger partial charge in [0.1, 0.15) is 5.82 Å². The Labute approximate surface area is 199 Å². The molecule has 1 amide bonds. The summed E-state index contributed by atoms with van der Waals surface area (Å²) in [5, 5.41) is 2.80. The summed E-state index contributed by atoms with van der Waals surface area (Å²) < 4.78 is 4.41. The molecule has 6 nitrogen and oxygen atoms in total. The normalized spacial score (nSPS) is 11.5. The Kier molecular flexibility index (Phi) is 6.42. The molecule has 0 atom stereocenters. The predicted molar refractivity (Wildman–Crippen MR) is 137 cm³/mol. The van der Waals surface area contributed by atoms with Gasteiger partial charge in [0.05, 0.1) is 22.1 Å².